The van der Waals surface area contributed by atoms with E-state index in [0.29, 0.717) is 30.3 Å². The van der Waals surface area contributed by atoms with Gasteiger partial charge in [-0.05, 0) is 44.1 Å². The zero-order valence-corrected chi connectivity index (χ0v) is 15.8. The van der Waals surface area contributed by atoms with E-state index in [1.807, 2.05) is 0 Å². The predicted molar refractivity (Wildman–Crippen MR) is 103 cm³/mol. The van der Waals surface area contributed by atoms with E-state index >= 15 is 0 Å². The summed E-state index contributed by atoms with van der Waals surface area (Å²) in [6.45, 7) is 2.89. The molecule has 1 heterocycles. The third-order valence-corrected chi connectivity index (χ3v) is 5.65. The second kappa shape index (κ2) is 8.10. The molecule has 3 rings (SSSR count). The van der Waals surface area contributed by atoms with E-state index in [0.717, 1.165) is 25.7 Å². The van der Waals surface area contributed by atoms with Gasteiger partial charge in [0, 0.05) is 32.2 Å². The molecule has 8 heteroatoms. The van der Waals surface area contributed by atoms with Crippen molar-refractivity contribution in [2.24, 2.45) is 5.92 Å². The van der Waals surface area contributed by atoms with Crippen LogP contribution in [0.3, 0.4) is 0 Å². The Bertz CT molecular complexity index is 719. The van der Waals surface area contributed by atoms with Crippen LogP contribution >= 0.6 is 0 Å². The Morgan fingerprint density at radius 1 is 1.26 bits per heavy atom. The molecule has 0 spiro atoms. The molecule has 1 aromatic rings. The first-order chi connectivity index (χ1) is 12.9. The van der Waals surface area contributed by atoms with E-state index in [9.17, 15) is 19.3 Å². The number of rotatable bonds is 5. The Morgan fingerprint density at radius 3 is 2.52 bits per heavy atom. The summed E-state index contributed by atoms with van der Waals surface area (Å²) in [6.07, 6.45) is 3.39. The van der Waals surface area contributed by atoms with Crippen LogP contribution < -0.4 is 15.5 Å². The van der Waals surface area contributed by atoms with Crippen molar-refractivity contribution in [1.29, 1.82) is 0 Å². The minimum atomic E-state index is -0.950. The molecular formula is C19H27FN4O3. The third kappa shape index (κ3) is 4.31. The minimum Gasteiger partial charge on any atom is -0.383 e. The molecule has 7 nitrogen and oxygen atoms in total. The number of nitro benzene ring substituents is 1. The maximum atomic E-state index is 13.7. The predicted octanol–water partition coefficient (Wildman–Crippen LogP) is 3.49. The number of hydrogen-bond acceptors (Lipinski definition) is 5. The van der Waals surface area contributed by atoms with E-state index in [1.54, 1.807) is 18.0 Å². The molecule has 1 aromatic carbocycles. The van der Waals surface area contributed by atoms with Gasteiger partial charge in [0.15, 0.2) is 0 Å². The molecular weight excluding hydrogens is 351 g/mol. The van der Waals surface area contributed by atoms with Crippen LogP contribution in [-0.2, 0) is 0 Å². The van der Waals surface area contributed by atoms with Crippen LogP contribution in [0.1, 0.15) is 49.4 Å². The molecule has 2 fully saturated rings. The van der Waals surface area contributed by atoms with E-state index in [4.69, 9.17) is 0 Å². The number of benzene rings is 1. The van der Waals surface area contributed by atoms with E-state index in [1.165, 1.54) is 6.07 Å². The Labute approximate surface area is 158 Å². The summed E-state index contributed by atoms with van der Waals surface area (Å²) >= 11 is 0. The number of nitrogens with one attached hydrogen (secondary N) is 2. The molecule has 0 aromatic heterocycles. The van der Waals surface area contributed by atoms with Gasteiger partial charge in [0.05, 0.1) is 16.2 Å². The molecule has 2 aliphatic rings. The lowest BCUT2D eigenvalue weighted by atomic mass is 9.87. The van der Waals surface area contributed by atoms with Gasteiger partial charge in [0.2, 0.25) is 0 Å². The lowest BCUT2D eigenvalue weighted by Gasteiger charge is -2.28. The van der Waals surface area contributed by atoms with Gasteiger partial charge in [-0.2, -0.15) is 0 Å². The highest BCUT2D eigenvalue weighted by Crippen LogP contribution is 2.35. The van der Waals surface area contributed by atoms with Gasteiger partial charge in [-0.25, -0.2) is 4.39 Å². The number of alkyl halides is 1. The topological polar surface area (TPSA) is 87.5 Å². The largest absolute Gasteiger partial charge is 0.383 e. The molecule has 2 N–H and O–H groups in total. The smallest absolute Gasteiger partial charge is 0.293 e. The number of nitro groups is 1. The number of amides is 1. The fourth-order valence-corrected chi connectivity index (χ4v) is 3.98. The molecule has 0 unspecified atom stereocenters. The van der Waals surface area contributed by atoms with Crippen LogP contribution in [0.25, 0.3) is 0 Å². The van der Waals surface area contributed by atoms with Gasteiger partial charge in [-0.3, -0.25) is 14.9 Å². The average Bonchev–Trinajstić information content (AvgIpc) is 3.08. The first-order valence-electron chi connectivity index (χ1n) is 9.59. The van der Waals surface area contributed by atoms with Gasteiger partial charge in [-0.15, -0.1) is 0 Å². The number of nitrogens with zero attached hydrogens (tertiary/aromatic N) is 2. The normalized spacial score (nSPS) is 25.3. The first-order valence-corrected chi connectivity index (χ1v) is 9.59. The fourth-order valence-electron chi connectivity index (χ4n) is 3.98. The highest BCUT2D eigenvalue weighted by molar-refractivity contribution is 6.02. The summed E-state index contributed by atoms with van der Waals surface area (Å²) < 4.78 is 13.7. The summed E-state index contributed by atoms with van der Waals surface area (Å²) in [5, 5.41) is 17.3. The van der Waals surface area contributed by atoms with Crippen LogP contribution in [-0.4, -0.2) is 43.2 Å². The van der Waals surface area contributed by atoms with E-state index in [-0.39, 0.29) is 29.7 Å². The lowest BCUT2D eigenvalue weighted by Crippen LogP contribution is -2.38. The summed E-state index contributed by atoms with van der Waals surface area (Å²) in [6, 6.07) is 2.98. The number of anilines is 2. The minimum absolute atomic E-state index is 0.0806. The standard InChI is InChI=1S/C19H27FN4O3/c1-12-3-5-14(6-4-12)22-19(25)15-9-18(24(26)27)16(21-2)10-17(15)23-8-7-13(20)11-23/h9-10,12-14,21H,3-8,11H2,1-2H3,(H,22,25)/t12-,13-,14-/m0/s1. The number of carbonyl (C=O) groups is 1. The molecule has 1 atom stereocenters. The van der Waals surface area contributed by atoms with Crippen molar-refractivity contribution in [3.63, 3.8) is 0 Å². The Balaban J connectivity index is 1.91. The zero-order chi connectivity index (χ0) is 19.6. The Hall–Kier alpha value is -2.38. The Morgan fingerprint density at radius 2 is 1.96 bits per heavy atom. The number of halogens is 1. The second-order valence-electron chi connectivity index (χ2n) is 7.66. The SMILES string of the molecule is CNc1cc(N2CC[C@H](F)C2)c(C(=O)N[C@H]2CC[C@H](C)CC2)cc1[N+](=O)[O-]. The van der Waals surface area contributed by atoms with Crippen molar-refractivity contribution in [3.8, 4) is 0 Å². The van der Waals surface area contributed by atoms with Crippen LogP contribution in [0.4, 0.5) is 21.5 Å². The van der Waals surface area contributed by atoms with Gasteiger partial charge >= 0.3 is 0 Å². The van der Waals surface area contributed by atoms with Crippen LogP contribution in [0.2, 0.25) is 0 Å². The molecule has 1 aliphatic heterocycles. The maximum absolute atomic E-state index is 13.7. The molecule has 1 saturated heterocycles. The third-order valence-electron chi connectivity index (χ3n) is 5.65. The molecule has 0 bridgehead atoms. The van der Waals surface area contributed by atoms with Crippen molar-refractivity contribution in [1.82, 2.24) is 5.32 Å². The van der Waals surface area contributed by atoms with Crippen molar-refractivity contribution in [2.45, 2.75) is 51.2 Å². The van der Waals surface area contributed by atoms with Gasteiger partial charge < -0.3 is 15.5 Å². The van der Waals surface area contributed by atoms with Gasteiger partial charge in [0.25, 0.3) is 11.6 Å². The second-order valence-corrected chi connectivity index (χ2v) is 7.66. The highest BCUT2D eigenvalue weighted by atomic mass is 19.1. The highest BCUT2D eigenvalue weighted by Gasteiger charge is 2.30. The molecule has 1 aliphatic carbocycles. The van der Waals surface area contributed by atoms with Crippen LogP contribution in [0.5, 0.6) is 0 Å². The quantitative estimate of drug-likeness (QED) is 0.605. The van der Waals surface area contributed by atoms with E-state index in [2.05, 4.69) is 17.6 Å². The summed E-state index contributed by atoms with van der Waals surface area (Å²) in [7, 11) is 1.59. The molecule has 0 radical (unpaired) electrons. The number of hydrogen-bond donors (Lipinski definition) is 2. The summed E-state index contributed by atoms with van der Waals surface area (Å²) in [5.41, 5.74) is 0.959. The molecule has 1 saturated carbocycles. The average molecular weight is 378 g/mol. The van der Waals surface area contributed by atoms with E-state index < -0.39 is 11.1 Å². The van der Waals surface area contributed by atoms with Crippen molar-refractivity contribution in [2.75, 3.05) is 30.4 Å². The van der Waals surface area contributed by atoms with Gasteiger partial charge in [0.1, 0.15) is 11.9 Å². The first kappa shape index (κ1) is 19.4. The lowest BCUT2D eigenvalue weighted by molar-refractivity contribution is -0.383. The monoisotopic (exact) mass is 378 g/mol. The van der Waals surface area contributed by atoms with Crippen molar-refractivity contribution >= 4 is 23.0 Å². The van der Waals surface area contributed by atoms with Gasteiger partial charge in [-0.1, -0.05) is 6.92 Å². The maximum Gasteiger partial charge on any atom is 0.293 e. The summed E-state index contributed by atoms with van der Waals surface area (Å²) in [5.74, 6) is 0.341. The molecule has 1 amide bonds. The fraction of sp³-hybridized carbons (Fsp3) is 0.632. The molecule has 148 valence electrons. The van der Waals surface area contributed by atoms with Crippen molar-refractivity contribution < 1.29 is 14.1 Å². The molecule has 27 heavy (non-hydrogen) atoms. The number of carbonyl (C=O) groups excluding carboxylic acids is 1. The van der Waals surface area contributed by atoms with Crippen LogP contribution in [0.15, 0.2) is 12.1 Å². The zero-order valence-electron chi connectivity index (χ0n) is 15.8. The van der Waals surface area contributed by atoms with Crippen LogP contribution in [0, 0.1) is 16.0 Å². The van der Waals surface area contributed by atoms with Crippen molar-refractivity contribution in [3.05, 3.63) is 27.8 Å². The Kier molecular flexibility index (Phi) is 5.82. The summed E-state index contributed by atoms with van der Waals surface area (Å²) in [4.78, 5) is 25.7.